The molecule has 10 nitrogen and oxygen atoms in total. The van der Waals surface area contributed by atoms with Gasteiger partial charge < -0.3 is 40.1 Å². The zero-order valence-electron chi connectivity index (χ0n) is 16.0. The maximum absolute atomic E-state index is 12.9. The minimum atomic E-state index is -1.70. The quantitative estimate of drug-likeness (QED) is 0.295. The van der Waals surface area contributed by atoms with Crippen molar-refractivity contribution in [3.05, 3.63) is 58.1 Å². The van der Waals surface area contributed by atoms with Crippen LogP contribution in [-0.2, 0) is 11.3 Å². The van der Waals surface area contributed by atoms with Gasteiger partial charge in [-0.05, 0) is 18.2 Å². The van der Waals surface area contributed by atoms with Crippen LogP contribution in [0.25, 0.3) is 0 Å². The lowest BCUT2D eigenvalue weighted by atomic mass is 9.82. The molecule has 10 heteroatoms. The van der Waals surface area contributed by atoms with Crippen molar-refractivity contribution in [1.29, 1.82) is 0 Å². The van der Waals surface area contributed by atoms with Crippen molar-refractivity contribution in [3.63, 3.8) is 0 Å². The van der Waals surface area contributed by atoms with Crippen LogP contribution in [-0.4, -0.2) is 79.5 Å². The zero-order valence-corrected chi connectivity index (χ0v) is 16.0. The number of benzene rings is 2. The number of aliphatic hydroxyl groups is 5. The Morgan fingerprint density at radius 3 is 2.29 bits per heavy atom. The smallest absolute Gasteiger partial charge is 0.229 e. The number of ketones is 2. The predicted octanol–water partition coefficient (Wildman–Crippen LogP) is -1.16. The van der Waals surface area contributed by atoms with Crippen LogP contribution in [0.2, 0.25) is 0 Å². The van der Waals surface area contributed by atoms with Crippen LogP contribution in [0.4, 0.5) is 0 Å². The van der Waals surface area contributed by atoms with E-state index in [-0.39, 0.29) is 39.3 Å². The summed E-state index contributed by atoms with van der Waals surface area (Å²) in [5.74, 6) is -1.59. The number of phenols is 1. The Bertz CT molecular complexity index is 1050. The summed E-state index contributed by atoms with van der Waals surface area (Å²) in [4.78, 5) is 25.8. The molecule has 5 unspecified atom stereocenters. The molecule has 1 heterocycles. The number of aliphatic hydroxyl groups excluding tert-OH is 5. The third-order valence-electron chi connectivity index (χ3n) is 5.47. The van der Waals surface area contributed by atoms with Gasteiger partial charge in [-0.25, -0.2) is 0 Å². The molecule has 4 rings (SSSR count). The molecule has 0 bridgehead atoms. The van der Waals surface area contributed by atoms with Crippen molar-refractivity contribution in [2.24, 2.45) is 0 Å². The molecule has 1 saturated heterocycles. The predicted molar refractivity (Wildman–Crippen MR) is 102 cm³/mol. The van der Waals surface area contributed by atoms with Gasteiger partial charge in [0.1, 0.15) is 35.9 Å². The molecule has 0 aromatic heterocycles. The minimum absolute atomic E-state index is 0.00744. The highest BCUT2D eigenvalue weighted by atomic mass is 16.7. The monoisotopic (exact) mass is 432 g/mol. The van der Waals surface area contributed by atoms with Crippen molar-refractivity contribution in [2.45, 2.75) is 37.3 Å². The number of carbonyl (C=O) groups excluding carboxylic acids is 2. The molecular weight excluding hydrogens is 412 g/mol. The fourth-order valence-corrected chi connectivity index (χ4v) is 3.77. The van der Waals surface area contributed by atoms with Gasteiger partial charge >= 0.3 is 0 Å². The highest BCUT2D eigenvalue weighted by Crippen LogP contribution is 2.36. The lowest BCUT2D eigenvalue weighted by Gasteiger charge is -2.39. The topological polar surface area (TPSA) is 174 Å². The second-order valence-electron chi connectivity index (χ2n) is 7.34. The lowest BCUT2D eigenvalue weighted by Crippen LogP contribution is -2.60. The van der Waals surface area contributed by atoms with E-state index in [1.807, 2.05) is 0 Å². The number of hydrogen-bond acceptors (Lipinski definition) is 10. The van der Waals surface area contributed by atoms with Crippen molar-refractivity contribution in [2.75, 3.05) is 6.61 Å². The Balaban J connectivity index is 1.74. The van der Waals surface area contributed by atoms with Crippen LogP contribution in [0.5, 0.6) is 11.5 Å². The van der Waals surface area contributed by atoms with Crippen LogP contribution in [0, 0.1) is 0 Å². The van der Waals surface area contributed by atoms with Crippen molar-refractivity contribution < 1.29 is 49.7 Å². The maximum Gasteiger partial charge on any atom is 0.229 e. The summed E-state index contributed by atoms with van der Waals surface area (Å²) in [5, 5.41) is 59.1. The second-order valence-corrected chi connectivity index (χ2v) is 7.34. The van der Waals surface area contributed by atoms with Crippen LogP contribution in [0.1, 0.15) is 37.4 Å². The van der Waals surface area contributed by atoms with Gasteiger partial charge in [0.15, 0.2) is 11.6 Å². The molecule has 0 spiro atoms. The fourth-order valence-electron chi connectivity index (χ4n) is 3.77. The van der Waals surface area contributed by atoms with E-state index in [1.165, 1.54) is 30.3 Å². The van der Waals surface area contributed by atoms with E-state index in [9.17, 15) is 40.2 Å². The molecule has 164 valence electrons. The highest BCUT2D eigenvalue weighted by Gasteiger charge is 2.45. The standard InChI is InChI=1S/C21H20O10/c22-6-8-4-10-11(16(25)9-2-1-3-12(24)15(9)17(10)26)5-13(8)30-21-20(29)19(28)18(27)14(7-23)31-21/h1-5,14,18-24,27-29H,6-7H2. The molecule has 1 aliphatic carbocycles. The number of fused-ring (bicyclic) bond motifs is 2. The van der Waals surface area contributed by atoms with Gasteiger partial charge in [0.25, 0.3) is 0 Å². The molecule has 2 aliphatic rings. The summed E-state index contributed by atoms with van der Waals surface area (Å²) < 4.78 is 10.9. The lowest BCUT2D eigenvalue weighted by molar-refractivity contribution is -0.277. The molecule has 2 aromatic rings. The molecule has 5 atom stereocenters. The van der Waals surface area contributed by atoms with Gasteiger partial charge in [-0.15, -0.1) is 0 Å². The van der Waals surface area contributed by atoms with Gasteiger partial charge in [0, 0.05) is 22.3 Å². The third kappa shape index (κ3) is 3.39. The van der Waals surface area contributed by atoms with Crippen LogP contribution < -0.4 is 4.74 Å². The van der Waals surface area contributed by atoms with Crippen molar-refractivity contribution in [1.82, 2.24) is 0 Å². The fraction of sp³-hybridized carbons (Fsp3) is 0.333. The first-order valence-corrected chi connectivity index (χ1v) is 9.44. The Hall–Kier alpha value is -2.86. The van der Waals surface area contributed by atoms with Gasteiger partial charge in [-0.3, -0.25) is 9.59 Å². The number of hydrogen-bond donors (Lipinski definition) is 6. The van der Waals surface area contributed by atoms with E-state index >= 15 is 0 Å². The van der Waals surface area contributed by atoms with Crippen molar-refractivity contribution in [3.8, 4) is 11.5 Å². The molecule has 1 fully saturated rings. The normalized spacial score (nSPS) is 27.6. The number of rotatable bonds is 4. The molecule has 0 amide bonds. The number of carbonyl (C=O) groups is 2. The third-order valence-corrected chi connectivity index (χ3v) is 5.47. The number of aromatic hydroxyl groups is 1. The summed E-state index contributed by atoms with van der Waals surface area (Å²) >= 11 is 0. The van der Waals surface area contributed by atoms with Crippen LogP contribution in [0.15, 0.2) is 30.3 Å². The van der Waals surface area contributed by atoms with Gasteiger partial charge in [0.2, 0.25) is 6.29 Å². The van der Waals surface area contributed by atoms with Gasteiger partial charge in [-0.2, -0.15) is 0 Å². The molecular formula is C21H20O10. The first-order valence-electron chi connectivity index (χ1n) is 9.44. The van der Waals surface area contributed by atoms with Crippen LogP contribution in [0.3, 0.4) is 0 Å². The Labute approximate surface area is 175 Å². The molecule has 0 saturated carbocycles. The summed E-state index contributed by atoms with van der Waals surface area (Å²) in [6.07, 6.45) is -7.70. The SMILES string of the molecule is O=C1c2cc(OC3OC(CO)C(O)C(O)C3O)c(CO)cc2C(=O)c2c(O)cccc21. The Morgan fingerprint density at radius 1 is 0.903 bits per heavy atom. The first kappa shape index (κ1) is 21.4. The summed E-state index contributed by atoms with van der Waals surface area (Å²) in [5.41, 5.74) is -0.126. The van der Waals surface area contributed by atoms with Gasteiger partial charge in [-0.1, -0.05) is 12.1 Å². The molecule has 6 N–H and O–H groups in total. The Kier molecular flexibility index (Phi) is 5.52. The van der Waals surface area contributed by atoms with E-state index in [0.717, 1.165) is 0 Å². The van der Waals surface area contributed by atoms with Gasteiger partial charge in [0.05, 0.1) is 18.8 Å². The Morgan fingerprint density at radius 2 is 1.61 bits per heavy atom. The number of phenolic OH excluding ortho intramolecular Hbond substituents is 1. The van der Waals surface area contributed by atoms with E-state index in [2.05, 4.69) is 0 Å². The highest BCUT2D eigenvalue weighted by molar-refractivity contribution is 6.29. The second kappa shape index (κ2) is 8.00. The maximum atomic E-state index is 12.9. The van der Waals surface area contributed by atoms with E-state index in [1.54, 1.807) is 0 Å². The average Bonchev–Trinajstić information content (AvgIpc) is 2.77. The minimum Gasteiger partial charge on any atom is -0.507 e. The summed E-state index contributed by atoms with van der Waals surface area (Å²) in [7, 11) is 0. The van der Waals surface area contributed by atoms with Crippen molar-refractivity contribution >= 4 is 11.6 Å². The average molecular weight is 432 g/mol. The van der Waals surface area contributed by atoms with E-state index < -0.39 is 55.5 Å². The molecule has 0 radical (unpaired) electrons. The summed E-state index contributed by atoms with van der Waals surface area (Å²) in [6, 6.07) is 6.56. The van der Waals surface area contributed by atoms with Crippen LogP contribution >= 0.6 is 0 Å². The largest absolute Gasteiger partial charge is 0.507 e. The number of ether oxygens (including phenoxy) is 2. The zero-order chi connectivity index (χ0) is 22.4. The molecule has 1 aliphatic heterocycles. The summed E-state index contributed by atoms with van der Waals surface area (Å²) in [6.45, 7) is -1.26. The first-order chi connectivity index (χ1) is 14.8. The molecule has 2 aromatic carbocycles. The van der Waals surface area contributed by atoms with E-state index in [0.29, 0.717) is 0 Å². The van der Waals surface area contributed by atoms with E-state index in [4.69, 9.17) is 9.47 Å². The molecule has 31 heavy (non-hydrogen) atoms.